The van der Waals surface area contributed by atoms with Crippen LogP contribution in [0.2, 0.25) is 0 Å². The van der Waals surface area contributed by atoms with Crippen LogP contribution in [0.1, 0.15) is 41.6 Å². The molecular weight excluding hydrogens is 358 g/mol. The maximum atomic E-state index is 13.2. The molecule has 1 amide bonds. The number of nitrogens with one attached hydrogen (secondary N) is 1. The van der Waals surface area contributed by atoms with Crippen molar-refractivity contribution in [3.8, 4) is 0 Å². The number of piperazine rings is 1. The molecule has 0 aromatic heterocycles. The summed E-state index contributed by atoms with van der Waals surface area (Å²) in [7, 11) is 2.15. The van der Waals surface area contributed by atoms with Crippen molar-refractivity contribution in [3.05, 3.63) is 70.8 Å². The predicted octanol–water partition coefficient (Wildman–Crippen LogP) is 3.59. The third-order valence-electron chi connectivity index (χ3n) is 5.82. The van der Waals surface area contributed by atoms with Gasteiger partial charge >= 0.3 is 0 Å². The summed E-state index contributed by atoms with van der Waals surface area (Å²) in [5.41, 5.74) is 4.96. The van der Waals surface area contributed by atoms with Gasteiger partial charge in [-0.2, -0.15) is 0 Å². The Balaban J connectivity index is 1.67. The number of nitrogens with zero attached hydrogens (tertiary/aromatic N) is 2. The Morgan fingerprint density at radius 2 is 1.52 bits per heavy atom. The molecule has 1 heterocycles. The number of aryl methyl sites for hydroxylation is 2. The van der Waals surface area contributed by atoms with Gasteiger partial charge in [-0.1, -0.05) is 67.4 Å². The minimum Gasteiger partial charge on any atom is -0.354 e. The number of hydrogen-bond acceptors (Lipinski definition) is 3. The molecule has 0 radical (unpaired) electrons. The minimum atomic E-state index is -0.211. The highest BCUT2D eigenvalue weighted by atomic mass is 16.2. The average Bonchev–Trinajstić information content (AvgIpc) is 2.73. The molecule has 0 saturated carbocycles. The van der Waals surface area contributed by atoms with Crippen molar-refractivity contribution in [3.63, 3.8) is 0 Å². The summed E-state index contributed by atoms with van der Waals surface area (Å²) in [5, 5.41) is 3.20. The number of benzene rings is 2. The van der Waals surface area contributed by atoms with Crippen LogP contribution in [0.25, 0.3) is 0 Å². The molecule has 2 aromatic rings. The van der Waals surface area contributed by atoms with E-state index in [9.17, 15) is 4.79 Å². The summed E-state index contributed by atoms with van der Waals surface area (Å²) >= 11 is 0. The summed E-state index contributed by atoms with van der Waals surface area (Å²) in [4.78, 5) is 17.9. The van der Waals surface area contributed by atoms with Crippen molar-refractivity contribution < 1.29 is 4.79 Å². The first-order valence-electron chi connectivity index (χ1n) is 10.9. The molecule has 3 rings (SSSR count). The first-order valence-corrected chi connectivity index (χ1v) is 10.9. The van der Waals surface area contributed by atoms with E-state index in [0.717, 1.165) is 51.0 Å². The lowest BCUT2D eigenvalue weighted by Crippen LogP contribution is -2.50. The van der Waals surface area contributed by atoms with E-state index in [-0.39, 0.29) is 11.9 Å². The third-order valence-corrected chi connectivity index (χ3v) is 5.82. The van der Waals surface area contributed by atoms with Crippen molar-refractivity contribution in [1.29, 1.82) is 0 Å². The molecule has 2 aromatic carbocycles. The summed E-state index contributed by atoms with van der Waals surface area (Å²) in [6, 6.07) is 17.0. The van der Waals surface area contributed by atoms with Crippen LogP contribution < -0.4 is 5.32 Å². The van der Waals surface area contributed by atoms with Gasteiger partial charge in [-0.25, -0.2) is 0 Å². The lowest BCUT2D eigenvalue weighted by Gasteiger charge is -2.37. The van der Waals surface area contributed by atoms with Crippen LogP contribution in [-0.4, -0.2) is 55.5 Å². The molecule has 0 aliphatic carbocycles. The molecule has 156 valence electrons. The lowest BCUT2D eigenvalue weighted by atomic mass is 10.00. The number of amides is 1. The molecule has 1 saturated heterocycles. The van der Waals surface area contributed by atoms with Crippen LogP contribution in [0, 0.1) is 6.92 Å². The zero-order chi connectivity index (χ0) is 20.6. The van der Waals surface area contributed by atoms with Gasteiger partial charge in [0.15, 0.2) is 0 Å². The molecule has 1 atom stereocenters. The fraction of sp³-hybridized carbons (Fsp3) is 0.480. The Kier molecular flexibility index (Phi) is 7.84. The van der Waals surface area contributed by atoms with Gasteiger partial charge in [0.1, 0.15) is 6.04 Å². The lowest BCUT2D eigenvalue weighted by molar-refractivity contribution is -0.127. The summed E-state index contributed by atoms with van der Waals surface area (Å²) < 4.78 is 0. The van der Waals surface area contributed by atoms with Crippen molar-refractivity contribution in [2.45, 2.75) is 39.2 Å². The van der Waals surface area contributed by atoms with Crippen molar-refractivity contribution >= 4 is 5.91 Å². The van der Waals surface area contributed by atoms with E-state index >= 15 is 0 Å². The molecule has 4 nitrogen and oxygen atoms in total. The molecule has 1 fully saturated rings. The van der Waals surface area contributed by atoms with Gasteiger partial charge in [0.25, 0.3) is 0 Å². The van der Waals surface area contributed by atoms with Crippen LogP contribution in [0.5, 0.6) is 0 Å². The molecule has 4 heteroatoms. The Labute approximate surface area is 175 Å². The SMILES string of the molecule is CCCc1ccc(C(C(=O)NCCc2ccc(C)cc2)N2CCN(C)CC2)cc1. The monoisotopic (exact) mass is 393 g/mol. The smallest absolute Gasteiger partial charge is 0.241 e. The van der Waals surface area contributed by atoms with Crippen LogP contribution in [-0.2, 0) is 17.6 Å². The average molecular weight is 394 g/mol. The van der Waals surface area contributed by atoms with Crippen molar-refractivity contribution in [2.75, 3.05) is 39.8 Å². The van der Waals surface area contributed by atoms with Crippen LogP contribution in [0.3, 0.4) is 0 Å². The molecule has 0 bridgehead atoms. The predicted molar refractivity (Wildman–Crippen MR) is 120 cm³/mol. The van der Waals surface area contributed by atoms with Crippen LogP contribution >= 0.6 is 0 Å². The zero-order valence-electron chi connectivity index (χ0n) is 18.2. The number of rotatable bonds is 8. The zero-order valence-corrected chi connectivity index (χ0v) is 18.2. The first kappa shape index (κ1) is 21.5. The Hall–Kier alpha value is -2.17. The quantitative estimate of drug-likeness (QED) is 0.744. The standard InChI is InChI=1S/C25H35N3O/c1-4-5-21-10-12-23(13-11-21)24(28-18-16-27(3)17-19-28)25(29)26-15-14-22-8-6-20(2)7-9-22/h6-13,24H,4-5,14-19H2,1-3H3,(H,26,29). The van der Waals surface area contributed by atoms with Crippen LogP contribution in [0.4, 0.5) is 0 Å². The second kappa shape index (κ2) is 10.6. The Morgan fingerprint density at radius 1 is 0.931 bits per heavy atom. The Morgan fingerprint density at radius 3 is 2.14 bits per heavy atom. The topological polar surface area (TPSA) is 35.6 Å². The molecule has 1 unspecified atom stereocenters. The highest BCUT2D eigenvalue weighted by molar-refractivity contribution is 5.83. The van der Waals surface area contributed by atoms with E-state index in [0.29, 0.717) is 6.54 Å². The molecule has 1 aliphatic heterocycles. The van der Waals surface area contributed by atoms with Gasteiger partial charge in [0.05, 0.1) is 0 Å². The van der Waals surface area contributed by atoms with Gasteiger partial charge in [-0.3, -0.25) is 9.69 Å². The van der Waals surface area contributed by atoms with Gasteiger partial charge in [0, 0.05) is 32.7 Å². The number of likely N-dealkylation sites (N-methyl/N-ethyl adjacent to an activating group) is 1. The molecule has 0 spiro atoms. The summed E-state index contributed by atoms with van der Waals surface area (Å²) in [6.07, 6.45) is 3.08. The second-order valence-electron chi connectivity index (χ2n) is 8.26. The van der Waals surface area contributed by atoms with E-state index in [1.807, 2.05) is 0 Å². The second-order valence-corrected chi connectivity index (χ2v) is 8.26. The first-order chi connectivity index (χ1) is 14.1. The number of carbonyl (C=O) groups is 1. The summed E-state index contributed by atoms with van der Waals surface area (Å²) in [6.45, 7) is 8.80. The van der Waals surface area contributed by atoms with Gasteiger partial charge in [0.2, 0.25) is 5.91 Å². The Bertz CT molecular complexity index is 762. The van der Waals surface area contributed by atoms with Gasteiger partial charge < -0.3 is 10.2 Å². The molecule has 1 aliphatic rings. The number of hydrogen-bond donors (Lipinski definition) is 1. The maximum absolute atomic E-state index is 13.2. The van der Waals surface area contributed by atoms with Crippen molar-refractivity contribution in [1.82, 2.24) is 15.1 Å². The normalized spacial score (nSPS) is 16.5. The minimum absolute atomic E-state index is 0.116. The van der Waals surface area contributed by atoms with Crippen LogP contribution in [0.15, 0.2) is 48.5 Å². The van der Waals surface area contributed by atoms with E-state index in [1.54, 1.807) is 0 Å². The van der Waals surface area contributed by atoms with Gasteiger partial charge in [-0.15, -0.1) is 0 Å². The van der Waals surface area contributed by atoms with Crippen molar-refractivity contribution in [2.24, 2.45) is 0 Å². The van der Waals surface area contributed by atoms with Gasteiger partial charge in [-0.05, 0) is 43.5 Å². The molecular formula is C25H35N3O. The molecule has 29 heavy (non-hydrogen) atoms. The molecule has 1 N–H and O–H groups in total. The fourth-order valence-electron chi connectivity index (χ4n) is 3.94. The van der Waals surface area contributed by atoms with E-state index in [2.05, 4.69) is 84.5 Å². The van der Waals surface area contributed by atoms with E-state index in [4.69, 9.17) is 0 Å². The number of carbonyl (C=O) groups excluding carboxylic acids is 1. The van der Waals surface area contributed by atoms with E-state index < -0.39 is 0 Å². The maximum Gasteiger partial charge on any atom is 0.241 e. The third kappa shape index (κ3) is 6.15. The summed E-state index contributed by atoms with van der Waals surface area (Å²) in [5.74, 6) is 0.116. The fourth-order valence-corrected chi connectivity index (χ4v) is 3.94. The van der Waals surface area contributed by atoms with E-state index in [1.165, 1.54) is 16.7 Å². The largest absolute Gasteiger partial charge is 0.354 e. The highest BCUT2D eigenvalue weighted by Gasteiger charge is 2.29. The highest BCUT2D eigenvalue weighted by Crippen LogP contribution is 2.23.